The highest BCUT2D eigenvalue weighted by atomic mass is 32.2. The summed E-state index contributed by atoms with van der Waals surface area (Å²) in [4.78, 5) is 25.5. The van der Waals surface area contributed by atoms with Gasteiger partial charge in [-0.05, 0) is 23.9 Å². The summed E-state index contributed by atoms with van der Waals surface area (Å²) < 4.78 is 0. The summed E-state index contributed by atoms with van der Waals surface area (Å²) in [5.41, 5.74) is 3.43. The third kappa shape index (κ3) is 1.48. The van der Waals surface area contributed by atoms with Gasteiger partial charge in [0.25, 0.3) is 5.91 Å². The Morgan fingerprint density at radius 3 is 2.35 bits per heavy atom. The van der Waals surface area contributed by atoms with E-state index >= 15 is 0 Å². The van der Waals surface area contributed by atoms with Crippen LogP contribution in [0.5, 0.6) is 0 Å². The van der Waals surface area contributed by atoms with Crippen molar-refractivity contribution in [3.63, 3.8) is 0 Å². The number of nitrogens with one attached hydrogen (secondary N) is 1. The van der Waals surface area contributed by atoms with Gasteiger partial charge in [0, 0.05) is 21.7 Å². The lowest BCUT2D eigenvalue weighted by atomic mass is 9.96. The van der Waals surface area contributed by atoms with E-state index < -0.39 is 0 Å². The molecule has 0 unspecified atom stereocenters. The predicted octanol–water partition coefficient (Wildman–Crippen LogP) is 3.18. The summed E-state index contributed by atoms with van der Waals surface area (Å²) in [5, 5.41) is 2.76. The number of fused-ring (bicyclic) bond motifs is 2. The van der Waals surface area contributed by atoms with Crippen molar-refractivity contribution in [2.24, 2.45) is 0 Å². The molecule has 0 radical (unpaired) electrons. The molecule has 1 N–H and O–H groups in total. The second-order valence-corrected chi connectivity index (χ2v) is 5.65. The minimum absolute atomic E-state index is 0.0620. The van der Waals surface area contributed by atoms with E-state index in [2.05, 4.69) is 5.32 Å². The first-order valence-corrected chi connectivity index (χ1v) is 7.04. The van der Waals surface area contributed by atoms with Gasteiger partial charge in [-0.2, -0.15) is 0 Å². The lowest BCUT2D eigenvalue weighted by Crippen LogP contribution is -2.07. The molecule has 4 rings (SSSR count). The fourth-order valence-electron chi connectivity index (χ4n) is 2.63. The molecular weight excluding hydrogens is 270 g/mol. The Morgan fingerprint density at radius 1 is 0.800 bits per heavy atom. The molecule has 4 heteroatoms. The molecule has 0 saturated carbocycles. The Bertz CT molecular complexity index is 740. The quantitative estimate of drug-likeness (QED) is 0.753. The van der Waals surface area contributed by atoms with Crippen LogP contribution < -0.4 is 5.32 Å². The summed E-state index contributed by atoms with van der Waals surface area (Å²) in [7, 11) is 0. The van der Waals surface area contributed by atoms with Crippen molar-refractivity contribution in [1.29, 1.82) is 0 Å². The van der Waals surface area contributed by atoms with Crippen LogP contribution in [0.4, 0.5) is 5.69 Å². The molecule has 96 valence electrons. The second-order valence-electron chi connectivity index (χ2n) is 4.64. The van der Waals surface area contributed by atoms with E-state index in [0.29, 0.717) is 11.1 Å². The fourth-order valence-corrected chi connectivity index (χ4v) is 3.57. The van der Waals surface area contributed by atoms with Gasteiger partial charge >= 0.3 is 0 Å². The number of anilines is 1. The Balaban J connectivity index is 2.05. The summed E-state index contributed by atoms with van der Waals surface area (Å²) in [6, 6.07) is 15.0. The van der Waals surface area contributed by atoms with Gasteiger partial charge in [-0.25, -0.2) is 0 Å². The molecule has 2 aromatic carbocycles. The van der Waals surface area contributed by atoms with Gasteiger partial charge in [-0.3, -0.25) is 9.59 Å². The topological polar surface area (TPSA) is 46.2 Å². The normalized spacial score (nSPS) is 19.8. The third-order valence-electron chi connectivity index (χ3n) is 3.48. The van der Waals surface area contributed by atoms with Crippen molar-refractivity contribution in [3.8, 4) is 0 Å². The Hall–Kier alpha value is -2.33. The zero-order valence-corrected chi connectivity index (χ0v) is 11.2. The van der Waals surface area contributed by atoms with Crippen molar-refractivity contribution >= 4 is 39.6 Å². The lowest BCUT2D eigenvalue weighted by Gasteiger charge is -2.03. The van der Waals surface area contributed by atoms with Gasteiger partial charge in [-0.1, -0.05) is 36.4 Å². The summed E-state index contributed by atoms with van der Waals surface area (Å²) in [6.45, 7) is 0. The summed E-state index contributed by atoms with van der Waals surface area (Å²) in [5.74, 6) is -0.202. The van der Waals surface area contributed by atoms with Crippen LogP contribution in [0.2, 0.25) is 0 Å². The highest BCUT2D eigenvalue weighted by Gasteiger charge is 2.35. The van der Waals surface area contributed by atoms with Gasteiger partial charge in [-0.15, -0.1) is 0 Å². The molecule has 0 aromatic heterocycles. The van der Waals surface area contributed by atoms with E-state index in [9.17, 15) is 9.59 Å². The van der Waals surface area contributed by atoms with Crippen LogP contribution >= 0.6 is 11.8 Å². The first kappa shape index (κ1) is 11.5. The van der Waals surface area contributed by atoms with Gasteiger partial charge in [0.2, 0.25) is 5.12 Å². The maximum absolute atomic E-state index is 12.3. The smallest absolute Gasteiger partial charge is 0.257 e. The Kier molecular flexibility index (Phi) is 2.35. The van der Waals surface area contributed by atoms with Crippen LogP contribution in [0.1, 0.15) is 11.1 Å². The predicted molar refractivity (Wildman–Crippen MR) is 79.2 cm³/mol. The van der Waals surface area contributed by atoms with Crippen molar-refractivity contribution in [3.05, 3.63) is 59.7 Å². The van der Waals surface area contributed by atoms with Crippen molar-refractivity contribution in [2.75, 3.05) is 5.32 Å². The number of para-hydroxylation sites is 1. The molecule has 2 aliphatic heterocycles. The van der Waals surface area contributed by atoms with Crippen LogP contribution in [0.15, 0.2) is 53.4 Å². The van der Waals surface area contributed by atoms with Gasteiger partial charge in [0.15, 0.2) is 0 Å². The van der Waals surface area contributed by atoms with Crippen LogP contribution in [0.25, 0.3) is 11.1 Å². The Morgan fingerprint density at radius 2 is 1.50 bits per heavy atom. The first-order valence-electron chi connectivity index (χ1n) is 6.22. The molecule has 0 spiro atoms. The molecule has 1 amide bonds. The van der Waals surface area contributed by atoms with Gasteiger partial charge < -0.3 is 5.32 Å². The molecule has 0 saturated heterocycles. The zero-order valence-electron chi connectivity index (χ0n) is 10.3. The van der Waals surface area contributed by atoms with Gasteiger partial charge in [0.05, 0.1) is 11.1 Å². The maximum Gasteiger partial charge on any atom is 0.257 e. The maximum atomic E-state index is 12.3. The number of amides is 1. The van der Waals surface area contributed by atoms with Gasteiger partial charge in [0.1, 0.15) is 0 Å². The number of carbonyl (C=O) groups excluding carboxylic acids is 2. The number of thioether (sulfide) groups is 1. The van der Waals surface area contributed by atoms with E-state index in [-0.39, 0.29) is 11.0 Å². The lowest BCUT2D eigenvalue weighted by molar-refractivity contribution is -0.111. The SMILES string of the molecule is O=C1Nc2ccccc2C1=C1C(=O)Sc2ccccc21. The molecule has 0 bridgehead atoms. The zero-order chi connectivity index (χ0) is 13.7. The minimum Gasteiger partial charge on any atom is -0.321 e. The van der Waals surface area contributed by atoms with Crippen molar-refractivity contribution in [1.82, 2.24) is 0 Å². The van der Waals surface area contributed by atoms with E-state index in [1.807, 2.05) is 48.5 Å². The standard InChI is InChI=1S/C16H9NO2S/c18-15-13(9-5-1-3-7-11(9)17-15)14-10-6-2-4-8-12(10)20-16(14)19/h1-8H,(H,17,18). The molecule has 0 aliphatic carbocycles. The first-order chi connectivity index (χ1) is 9.75. The number of carbonyl (C=O) groups is 2. The fraction of sp³-hybridized carbons (Fsp3) is 0. The highest BCUT2D eigenvalue weighted by Crippen LogP contribution is 2.46. The molecule has 2 aromatic rings. The number of hydrogen-bond donors (Lipinski definition) is 1. The number of rotatable bonds is 0. The average molecular weight is 279 g/mol. The molecule has 2 aliphatic rings. The van der Waals surface area contributed by atoms with E-state index in [1.54, 1.807) is 0 Å². The Labute approximate surface area is 119 Å². The minimum atomic E-state index is -0.202. The third-order valence-corrected chi connectivity index (χ3v) is 4.45. The number of benzene rings is 2. The summed E-state index contributed by atoms with van der Waals surface area (Å²) >= 11 is 1.19. The van der Waals surface area contributed by atoms with Crippen LogP contribution in [0, 0.1) is 0 Å². The number of hydrogen-bond acceptors (Lipinski definition) is 3. The molecule has 3 nitrogen and oxygen atoms in total. The highest BCUT2D eigenvalue weighted by molar-refractivity contribution is 8.15. The van der Waals surface area contributed by atoms with Crippen LogP contribution in [0.3, 0.4) is 0 Å². The molecule has 2 heterocycles. The van der Waals surface area contributed by atoms with E-state index in [4.69, 9.17) is 0 Å². The monoisotopic (exact) mass is 279 g/mol. The van der Waals surface area contributed by atoms with E-state index in [0.717, 1.165) is 21.7 Å². The van der Waals surface area contributed by atoms with Crippen LogP contribution in [-0.4, -0.2) is 11.0 Å². The molecule has 20 heavy (non-hydrogen) atoms. The summed E-state index contributed by atoms with van der Waals surface area (Å²) in [6.07, 6.45) is 0. The second kappa shape index (κ2) is 4.08. The van der Waals surface area contributed by atoms with E-state index in [1.165, 1.54) is 11.8 Å². The van der Waals surface area contributed by atoms with Crippen molar-refractivity contribution in [2.45, 2.75) is 4.90 Å². The van der Waals surface area contributed by atoms with Crippen LogP contribution in [-0.2, 0) is 9.59 Å². The van der Waals surface area contributed by atoms with Crippen molar-refractivity contribution < 1.29 is 9.59 Å². The average Bonchev–Trinajstić information content (AvgIpc) is 2.94. The molecule has 0 atom stereocenters. The molecular formula is C16H9NO2S. The largest absolute Gasteiger partial charge is 0.321 e. The molecule has 0 fully saturated rings.